The van der Waals surface area contributed by atoms with Crippen molar-refractivity contribution in [1.29, 1.82) is 0 Å². The molecule has 5 nitrogen and oxygen atoms in total. The largest absolute Gasteiger partial charge is 0.400 e. The number of aldehydes is 1. The number of benzene rings is 2. The van der Waals surface area contributed by atoms with Gasteiger partial charge in [0, 0.05) is 26.2 Å². The average Bonchev–Trinajstić information content (AvgIpc) is 2.87. The Hall–Kier alpha value is -2.05. The predicted molar refractivity (Wildman–Crippen MR) is 131 cm³/mol. The van der Waals surface area contributed by atoms with E-state index in [9.17, 15) is 9.90 Å². The Balaban J connectivity index is 0.000000218. The number of aliphatic hydroxyl groups excluding tert-OH is 2. The van der Waals surface area contributed by atoms with Crippen molar-refractivity contribution in [1.82, 2.24) is 10.2 Å². The molecule has 0 radical (unpaired) electrons. The number of hydrogen-bond acceptors (Lipinski definition) is 5. The summed E-state index contributed by atoms with van der Waals surface area (Å²) in [5.41, 5.74) is 4.08. The summed E-state index contributed by atoms with van der Waals surface area (Å²) in [6, 6.07) is 19.2. The highest BCUT2D eigenvalue weighted by Gasteiger charge is 2.31. The summed E-state index contributed by atoms with van der Waals surface area (Å²) in [6.45, 7) is 1.92. The summed E-state index contributed by atoms with van der Waals surface area (Å²) < 4.78 is 0. The van der Waals surface area contributed by atoms with Crippen LogP contribution in [0.3, 0.4) is 0 Å². The van der Waals surface area contributed by atoms with Crippen LogP contribution in [0, 0.1) is 5.92 Å². The van der Waals surface area contributed by atoms with Crippen LogP contribution in [0.4, 0.5) is 0 Å². The summed E-state index contributed by atoms with van der Waals surface area (Å²) in [5.74, 6) is 0.898. The van der Waals surface area contributed by atoms with Gasteiger partial charge in [-0.2, -0.15) is 0 Å². The topological polar surface area (TPSA) is 72.8 Å². The van der Waals surface area contributed by atoms with Gasteiger partial charge in [-0.1, -0.05) is 73.9 Å². The highest BCUT2D eigenvalue weighted by molar-refractivity contribution is 5.51. The molecule has 176 valence electrons. The Bertz CT molecular complexity index is 763. The molecular formula is C27H40N2O3. The molecule has 0 amide bonds. The number of fused-ring (bicyclic) bond motifs is 1. The predicted octanol–water partition coefficient (Wildman–Crippen LogP) is 3.91. The Morgan fingerprint density at radius 3 is 2.38 bits per heavy atom. The summed E-state index contributed by atoms with van der Waals surface area (Å²) >= 11 is 0. The van der Waals surface area contributed by atoms with Crippen LogP contribution < -0.4 is 5.32 Å². The van der Waals surface area contributed by atoms with Crippen molar-refractivity contribution < 1.29 is 15.0 Å². The summed E-state index contributed by atoms with van der Waals surface area (Å²) in [7, 11) is 3.31. The van der Waals surface area contributed by atoms with E-state index in [0.717, 1.165) is 24.9 Å². The molecule has 1 heterocycles. The number of hydrogen-bond donors (Lipinski definition) is 3. The van der Waals surface area contributed by atoms with Crippen LogP contribution in [0.2, 0.25) is 0 Å². The van der Waals surface area contributed by atoms with E-state index in [1.165, 1.54) is 45.1 Å². The summed E-state index contributed by atoms with van der Waals surface area (Å²) in [4.78, 5) is 12.6. The van der Waals surface area contributed by atoms with Gasteiger partial charge in [-0.25, -0.2) is 0 Å². The average molecular weight is 441 g/mol. The lowest BCUT2D eigenvalue weighted by molar-refractivity contribution is -0.107. The molecule has 2 aromatic carbocycles. The Morgan fingerprint density at radius 2 is 1.69 bits per heavy atom. The lowest BCUT2D eigenvalue weighted by Gasteiger charge is -2.41. The molecular weight excluding hydrogens is 400 g/mol. The maximum absolute atomic E-state index is 9.98. The van der Waals surface area contributed by atoms with E-state index in [2.05, 4.69) is 41.5 Å². The third-order valence-electron chi connectivity index (χ3n) is 6.43. The zero-order valence-electron chi connectivity index (χ0n) is 19.6. The normalized spacial score (nSPS) is 19.4. The first kappa shape index (κ1) is 26.2. The van der Waals surface area contributed by atoms with Gasteiger partial charge >= 0.3 is 0 Å². The van der Waals surface area contributed by atoms with Gasteiger partial charge in [0.2, 0.25) is 0 Å². The molecule has 0 aromatic heterocycles. The van der Waals surface area contributed by atoms with Gasteiger partial charge in [0.25, 0.3) is 0 Å². The van der Waals surface area contributed by atoms with E-state index < -0.39 is 6.10 Å². The molecule has 2 atom stereocenters. The fourth-order valence-corrected chi connectivity index (χ4v) is 4.86. The second kappa shape index (κ2) is 14.9. The summed E-state index contributed by atoms with van der Waals surface area (Å²) in [6.07, 6.45) is 8.67. The standard InChI is InChI=1S/C16H23N.C10H13NO2.CH4O/c1-17-12-11-13-7-5-6-10-15(13)16(17)14-8-3-2-4-9-14;12-7-6-11-8-10(13)9-4-2-1-3-5-9;1-2/h5-7,10,14,16H,2-4,8-9,11-12H2,1H3;1-5,7,10-11,13H,6,8H2;2H,1H3. The Kier molecular flexibility index (Phi) is 12.2. The second-order valence-electron chi connectivity index (χ2n) is 8.52. The van der Waals surface area contributed by atoms with Crippen LogP contribution in [-0.2, 0) is 11.2 Å². The maximum Gasteiger partial charge on any atom is 0.133 e. The number of nitrogens with zero attached hydrogens (tertiary/aromatic N) is 1. The molecule has 32 heavy (non-hydrogen) atoms. The van der Waals surface area contributed by atoms with Gasteiger partial charge < -0.3 is 20.3 Å². The number of rotatable bonds is 6. The van der Waals surface area contributed by atoms with E-state index in [1.54, 1.807) is 11.1 Å². The molecule has 1 aliphatic heterocycles. The van der Waals surface area contributed by atoms with E-state index in [4.69, 9.17) is 5.11 Å². The van der Waals surface area contributed by atoms with E-state index in [-0.39, 0.29) is 6.54 Å². The minimum atomic E-state index is -0.541. The molecule has 1 saturated carbocycles. The van der Waals surface area contributed by atoms with Crippen molar-refractivity contribution >= 4 is 6.29 Å². The highest BCUT2D eigenvalue weighted by Crippen LogP contribution is 2.40. The third-order valence-corrected chi connectivity index (χ3v) is 6.43. The smallest absolute Gasteiger partial charge is 0.133 e. The van der Waals surface area contributed by atoms with E-state index in [1.807, 2.05) is 30.3 Å². The number of likely N-dealkylation sites (N-methyl/N-ethyl adjacent to an activating group) is 1. The Labute approximate surface area is 193 Å². The van der Waals surface area contributed by atoms with Crippen molar-refractivity contribution in [3.63, 3.8) is 0 Å². The molecule has 0 spiro atoms. The highest BCUT2D eigenvalue weighted by atomic mass is 16.3. The van der Waals surface area contributed by atoms with Gasteiger partial charge in [0.05, 0.1) is 12.6 Å². The maximum atomic E-state index is 9.98. The van der Waals surface area contributed by atoms with Crippen molar-refractivity contribution in [3.05, 3.63) is 71.3 Å². The van der Waals surface area contributed by atoms with Crippen molar-refractivity contribution in [2.75, 3.05) is 33.8 Å². The third kappa shape index (κ3) is 7.82. The van der Waals surface area contributed by atoms with Crippen LogP contribution in [-0.4, -0.2) is 55.2 Å². The lowest BCUT2D eigenvalue weighted by Crippen LogP contribution is -2.37. The minimum Gasteiger partial charge on any atom is -0.400 e. The fourth-order valence-electron chi connectivity index (χ4n) is 4.86. The second-order valence-corrected chi connectivity index (χ2v) is 8.52. The Morgan fingerprint density at radius 1 is 1.03 bits per heavy atom. The van der Waals surface area contributed by atoms with E-state index in [0.29, 0.717) is 12.6 Å². The van der Waals surface area contributed by atoms with Crippen molar-refractivity contribution in [3.8, 4) is 0 Å². The number of nitrogens with one attached hydrogen (secondary N) is 1. The van der Waals surface area contributed by atoms with Crippen molar-refractivity contribution in [2.24, 2.45) is 5.92 Å². The van der Waals surface area contributed by atoms with Crippen LogP contribution in [0.25, 0.3) is 0 Å². The van der Waals surface area contributed by atoms with E-state index >= 15 is 0 Å². The quantitative estimate of drug-likeness (QED) is 0.469. The van der Waals surface area contributed by atoms with Crippen LogP contribution in [0.1, 0.15) is 60.9 Å². The molecule has 5 heteroatoms. The minimum absolute atomic E-state index is 0.282. The molecule has 1 aliphatic carbocycles. The first-order valence-corrected chi connectivity index (χ1v) is 11.8. The zero-order valence-corrected chi connectivity index (χ0v) is 19.6. The van der Waals surface area contributed by atoms with Gasteiger partial charge in [-0.3, -0.25) is 4.90 Å². The van der Waals surface area contributed by atoms with Crippen LogP contribution in [0.15, 0.2) is 54.6 Å². The number of aliphatic hydroxyl groups is 2. The van der Waals surface area contributed by atoms with Gasteiger partial charge in [-0.15, -0.1) is 0 Å². The molecule has 3 N–H and O–H groups in total. The molecule has 1 fully saturated rings. The molecule has 4 rings (SSSR count). The SMILES string of the molecule is CN1CCc2ccccc2C1C1CCCCC1.CO.O=CCNCC(O)c1ccccc1. The van der Waals surface area contributed by atoms with Crippen LogP contribution in [0.5, 0.6) is 0 Å². The van der Waals surface area contributed by atoms with Gasteiger partial charge in [0.15, 0.2) is 0 Å². The molecule has 2 unspecified atom stereocenters. The van der Waals surface area contributed by atoms with Crippen LogP contribution >= 0.6 is 0 Å². The van der Waals surface area contributed by atoms with Gasteiger partial charge in [0.1, 0.15) is 6.29 Å². The summed E-state index contributed by atoms with van der Waals surface area (Å²) in [5, 5.41) is 19.4. The monoisotopic (exact) mass is 440 g/mol. The molecule has 0 bridgehead atoms. The first-order chi connectivity index (χ1) is 15.7. The fraction of sp³-hybridized carbons (Fsp3) is 0.519. The van der Waals surface area contributed by atoms with Gasteiger partial charge in [-0.05, 0) is 48.9 Å². The lowest BCUT2D eigenvalue weighted by atomic mass is 9.77. The number of carbonyl (C=O) groups excluding carboxylic acids is 1. The first-order valence-electron chi connectivity index (χ1n) is 11.8. The molecule has 0 saturated heterocycles. The number of carbonyl (C=O) groups is 1. The molecule has 2 aromatic rings. The molecule has 2 aliphatic rings. The van der Waals surface area contributed by atoms with Crippen molar-refractivity contribution in [2.45, 2.75) is 50.7 Å². The zero-order chi connectivity index (χ0) is 23.2.